The van der Waals surface area contributed by atoms with Crippen LogP contribution >= 0.6 is 11.8 Å². The Kier molecular flexibility index (Phi) is 3.68. The van der Waals surface area contributed by atoms with Gasteiger partial charge in [-0.05, 0) is 17.7 Å². The van der Waals surface area contributed by atoms with Crippen molar-refractivity contribution >= 4 is 34.7 Å². The maximum Gasteiger partial charge on any atom is 0.269 e. The second-order valence-corrected chi connectivity index (χ2v) is 4.30. The molecule has 1 aromatic rings. The molecular weight excluding hydrogens is 256 g/mol. The van der Waals surface area contributed by atoms with Crippen LogP contribution in [0.4, 0.5) is 5.69 Å². The molecule has 0 aliphatic carbocycles. The zero-order valence-electron chi connectivity index (χ0n) is 9.07. The highest BCUT2D eigenvalue weighted by Gasteiger charge is 2.15. The van der Waals surface area contributed by atoms with Gasteiger partial charge in [0.05, 0.1) is 16.9 Å². The molecule has 1 amide bonds. The Bertz CT molecular complexity index is 539. The minimum Gasteiger partial charge on any atom is -0.303 e. The molecule has 18 heavy (non-hydrogen) atoms. The smallest absolute Gasteiger partial charge is 0.269 e. The van der Waals surface area contributed by atoms with E-state index >= 15 is 0 Å². The number of nitro benzene ring substituents is 1. The highest BCUT2D eigenvalue weighted by Crippen LogP contribution is 2.11. The molecule has 1 fully saturated rings. The molecule has 7 nitrogen and oxygen atoms in total. The van der Waals surface area contributed by atoms with Crippen LogP contribution in [0, 0.1) is 10.1 Å². The summed E-state index contributed by atoms with van der Waals surface area (Å²) in [6.07, 6.45) is 1.46. The number of thioether (sulfide) groups is 1. The maximum absolute atomic E-state index is 10.9. The van der Waals surface area contributed by atoms with E-state index in [1.54, 1.807) is 12.1 Å². The number of hydrogen-bond acceptors (Lipinski definition) is 6. The number of nitrogens with zero attached hydrogens (tertiary/aromatic N) is 3. The fraction of sp³-hybridized carbons (Fsp3) is 0.100. The summed E-state index contributed by atoms with van der Waals surface area (Å²) in [5.41, 5.74) is 0.719. The van der Waals surface area contributed by atoms with Gasteiger partial charge in [-0.3, -0.25) is 14.9 Å². The van der Waals surface area contributed by atoms with Crippen LogP contribution in [-0.2, 0) is 4.79 Å². The molecule has 0 radical (unpaired) electrons. The van der Waals surface area contributed by atoms with Gasteiger partial charge in [0.25, 0.3) is 5.69 Å². The number of non-ortho nitro benzene ring substituents is 1. The summed E-state index contributed by atoms with van der Waals surface area (Å²) in [6, 6.07) is 5.92. The minimum absolute atomic E-state index is 0.0251. The monoisotopic (exact) mass is 264 g/mol. The number of rotatable bonds is 3. The number of nitro groups is 1. The van der Waals surface area contributed by atoms with Gasteiger partial charge in [0.2, 0.25) is 5.91 Å². The van der Waals surface area contributed by atoms with E-state index in [9.17, 15) is 14.9 Å². The van der Waals surface area contributed by atoms with Gasteiger partial charge in [-0.15, -0.1) is 5.10 Å². The van der Waals surface area contributed by atoms with Crippen LogP contribution in [0.3, 0.4) is 0 Å². The normalized spacial score (nSPS) is 17.3. The number of carbonyl (C=O) groups is 1. The molecule has 1 aliphatic rings. The molecule has 2 rings (SSSR count). The van der Waals surface area contributed by atoms with Gasteiger partial charge in [0.1, 0.15) is 0 Å². The van der Waals surface area contributed by atoms with Crippen molar-refractivity contribution in [3.8, 4) is 0 Å². The highest BCUT2D eigenvalue weighted by atomic mass is 32.2. The standard InChI is InChI=1S/C10H8N4O3S/c15-9-6-18-10(12-9)13-11-5-7-1-3-8(4-2-7)14(16)17/h1-5H,6H2,(H,12,13,15)/b11-5-. The summed E-state index contributed by atoms with van der Waals surface area (Å²) in [7, 11) is 0. The van der Waals surface area contributed by atoms with Crippen LogP contribution in [0.5, 0.6) is 0 Å². The first kappa shape index (κ1) is 12.2. The topological polar surface area (TPSA) is 97.0 Å². The average Bonchev–Trinajstić information content (AvgIpc) is 2.76. The lowest BCUT2D eigenvalue weighted by atomic mass is 10.2. The van der Waals surface area contributed by atoms with Gasteiger partial charge in [-0.1, -0.05) is 11.8 Å². The Labute approximate surface area is 106 Å². The zero-order chi connectivity index (χ0) is 13.0. The van der Waals surface area contributed by atoms with Crippen molar-refractivity contribution in [1.82, 2.24) is 5.32 Å². The molecular formula is C10H8N4O3S. The van der Waals surface area contributed by atoms with E-state index in [-0.39, 0.29) is 11.6 Å². The Morgan fingerprint density at radius 3 is 2.67 bits per heavy atom. The van der Waals surface area contributed by atoms with E-state index in [1.165, 1.54) is 30.1 Å². The molecule has 8 heteroatoms. The molecule has 92 valence electrons. The summed E-state index contributed by atoms with van der Waals surface area (Å²) in [6.45, 7) is 0. The predicted octanol–water partition coefficient (Wildman–Crippen LogP) is 1.15. The maximum atomic E-state index is 10.9. The van der Waals surface area contributed by atoms with E-state index in [0.717, 1.165) is 0 Å². The summed E-state index contributed by atoms with van der Waals surface area (Å²) in [5.74, 6) is 0.260. The third-order valence-electron chi connectivity index (χ3n) is 2.05. The fourth-order valence-corrected chi connectivity index (χ4v) is 1.84. The number of amidine groups is 1. The van der Waals surface area contributed by atoms with Crippen LogP contribution in [0.15, 0.2) is 34.5 Å². The van der Waals surface area contributed by atoms with Gasteiger partial charge in [0.15, 0.2) is 5.17 Å². The number of amides is 1. The van der Waals surface area contributed by atoms with E-state index in [0.29, 0.717) is 16.5 Å². The second-order valence-electron chi connectivity index (χ2n) is 3.34. The molecule has 0 saturated carbocycles. The van der Waals surface area contributed by atoms with Crippen molar-refractivity contribution in [2.24, 2.45) is 10.2 Å². The van der Waals surface area contributed by atoms with Gasteiger partial charge < -0.3 is 5.32 Å². The van der Waals surface area contributed by atoms with Gasteiger partial charge >= 0.3 is 0 Å². The van der Waals surface area contributed by atoms with Crippen molar-refractivity contribution in [2.75, 3.05) is 5.75 Å². The van der Waals surface area contributed by atoms with Gasteiger partial charge in [0, 0.05) is 12.1 Å². The second kappa shape index (κ2) is 5.41. The number of benzene rings is 1. The molecule has 1 N–H and O–H groups in total. The van der Waals surface area contributed by atoms with E-state index in [1.807, 2.05) is 0 Å². The SMILES string of the molecule is O=C1CS/C(=N/N=C\c2ccc([N+](=O)[O-])cc2)N1. The molecule has 1 heterocycles. The van der Waals surface area contributed by atoms with Crippen LogP contribution in [0.1, 0.15) is 5.56 Å². The van der Waals surface area contributed by atoms with Crippen LogP contribution in [-0.4, -0.2) is 28.0 Å². The Morgan fingerprint density at radius 2 is 2.11 bits per heavy atom. The molecule has 0 aromatic heterocycles. The zero-order valence-corrected chi connectivity index (χ0v) is 9.88. The summed E-state index contributed by atoms with van der Waals surface area (Å²) in [5, 5.41) is 21.0. The van der Waals surface area contributed by atoms with E-state index < -0.39 is 4.92 Å². The predicted molar refractivity (Wildman–Crippen MR) is 68.7 cm³/mol. The van der Waals surface area contributed by atoms with Crippen molar-refractivity contribution in [1.29, 1.82) is 0 Å². The lowest BCUT2D eigenvalue weighted by Gasteiger charge is -1.92. The first-order valence-corrected chi connectivity index (χ1v) is 5.92. The largest absolute Gasteiger partial charge is 0.303 e. The molecule has 1 saturated heterocycles. The number of hydrogen-bond donors (Lipinski definition) is 1. The summed E-state index contributed by atoms with van der Waals surface area (Å²) >= 11 is 1.28. The summed E-state index contributed by atoms with van der Waals surface area (Å²) < 4.78 is 0. The molecule has 1 aromatic carbocycles. The van der Waals surface area contributed by atoms with Crippen molar-refractivity contribution < 1.29 is 9.72 Å². The van der Waals surface area contributed by atoms with Crippen molar-refractivity contribution in [3.05, 3.63) is 39.9 Å². The van der Waals surface area contributed by atoms with Crippen LogP contribution < -0.4 is 5.32 Å². The molecule has 1 aliphatic heterocycles. The third kappa shape index (κ3) is 3.14. The number of carbonyl (C=O) groups excluding carboxylic acids is 1. The van der Waals surface area contributed by atoms with Crippen LogP contribution in [0.25, 0.3) is 0 Å². The third-order valence-corrected chi connectivity index (χ3v) is 2.91. The quantitative estimate of drug-likeness (QED) is 0.503. The first-order valence-electron chi connectivity index (χ1n) is 4.93. The van der Waals surface area contributed by atoms with E-state index in [4.69, 9.17) is 0 Å². The minimum atomic E-state index is -0.466. The Balaban J connectivity index is 2.01. The van der Waals surface area contributed by atoms with Gasteiger partial charge in [-0.2, -0.15) is 5.10 Å². The molecule has 0 atom stereocenters. The molecule has 0 spiro atoms. The van der Waals surface area contributed by atoms with E-state index in [2.05, 4.69) is 15.5 Å². The van der Waals surface area contributed by atoms with Gasteiger partial charge in [-0.25, -0.2) is 0 Å². The van der Waals surface area contributed by atoms with Crippen molar-refractivity contribution in [3.63, 3.8) is 0 Å². The molecule has 0 bridgehead atoms. The lowest BCUT2D eigenvalue weighted by molar-refractivity contribution is -0.384. The van der Waals surface area contributed by atoms with Crippen molar-refractivity contribution in [2.45, 2.75) is 0 Å². The molecule has 0 unspecified atom stereocenters. The first-order chi connectivity index (χ1) is 8.65. The fourth-order valence-electron chi connectivity index (χ4n) is 1.21. The lowest BCUT2D eigenvalue weighted by Crippen LogP contribution is -2.19. The highest BCUT2D eigenvalue weighted by molar-refractivity contribution is 8.15. The van der Waals surface area contributed by atoms with Crippen LogP contribution in [0.2, 0.25) is 0 Å². The number of nitrogens with one attached hydrogen (secondary N) is 1. The summed E-state index contributed by atoms with van der Waals surface area (Å²) in [4.78, 5) is 20.8. The Morgan fingerprint density at radius 1 is 1.39 bits per heavy atom. The average molecular weight is 264 g/mol. The Hall–Kier alpha value is -2.22.